The standard InChI is InChI=1S/C7H13NO3/c1-5(7(8)9)4-6(10-2)11-3/h6H,1,4H2,2-3H3,(H2,8,9). The molecule has 0 aliphatic rings. The Morgan fingerprint density at radius 3 is 2.27 bits per heavy atom. The SMILES string of the molecule is C=C(CC(OC)OC)C(N)=O. The Balaban J connectivity index is 3.81. The summed E-state index contributed by atoms with van der Waals surface area (Å²) in [6.45, 7) is 3.46. The molecule has 11 heavy (non-hydrogen) atoms. The van der Waals surface area contributed by atoms with Gasteiger partial charge in [-0.25, -0.2) is 0 Å². The van der Waals surface area contributed by atoms with Crippen molar-refractivity contribution < 1.29 is 14.3 Å². The number of hydrogen-bond donors (Lipinski definition) is 1. The van der Waals surface area contributed by atoms with Gasteiger partial charge in [0.2, 0.25) is 5.91 Å². The van der Waals surface area contributed by atoms with E-state index in [4.69, 9.17) is 15.2 Å². The van der Waals surface area contributed by atoms with Crippen LogP contribution in [-0.4, -0.2) is 26.4 Å². The summed E-state index contributed by atoms with van der Waals surface area (Å²) >= 11 is 0. The molecule has 4 nitrogen and oxygen atoms in total. The Bertz CT molecular complexity index is 152. The van der Waals surface area contributed by atoms with Crippen LogP contribution in [0.3, 0.4) is 0 Å². The summed E-state index contributed by atoms with van der Waals surface area (Å²) < 4.78 is 9.66. The molecule has 0 aliphatic carbocycles. The maximum atomic E-state index is 10.5. The Hall–Kier alpha value is -0.870. The third-order valence-corrected chi connectivity index (χ3v) is 1.29. The van der Waals surface area contributed by atoms with Gasteiger partial charge in [-0.1, -0.05) is 6.58 Å². The number of nitrogens with two attached hydrogens (primary N) is 1. The van der Waals surface area contributed by atoms with Gasteiger partial charge in [0.05, 0.1) is 0 Å². The van der Waals surface area contributed by atoms with E-state index in [0.717, 1.165) is 0 Å². The average Bonchev–Trinajstić information content (AvgIpc) is 1.99. The number of hydrogen-bond acceptors (Lipinski definition) is 3. The van der Waals surface area contributed by atoms with E-state index in [1.165, 1.54) is 14.2 Å². The molecule has 64 valence electrons. The first-order valence-electron chi connectivity index (χ1n) is 3.15. The first-order valence-corrected chi connectivity index (χ1v) is 3.15. The molecular formula is C7H13NO3. The topological polar surface area (TPSA) is 61.6 Å². The van der Waals surface area contributed by atoms with E-state index < -0.39 is 12.2 Å². The zero-order chi connectivity index (χ0) is 8.85. The molecule has 1 amide bonds. The molecule has 0 fully saturated rings. The van der Waals surface area contributed by atoms with Crippen LogP contribution in [0, 0.1) is 0 Å². The molecule has 0 aromatic rings. The van der Waals surface area contributed by atoms with Crippen molar-refractivity contribution in [2.75, 3.05) is 14.2 Å². The summed E-state index contributed by atoms with van der Waals surface area (Å²) in [5.74, 6) is -0.524. The van der Waals surface area contributed by atoms with Gasteiger partial charge in [0.25, 0.3) is 0 Å². The summed E-state index contributed by atoms with van der Waals surface area (Å²) in [5, 5.41) is 0. The number of rotatable bonds is 5. The van der Waals surface area contributed by atoms with Crippen LogP contribution in [0.1, 0.15) is 6.42 Å². The van der Waals surface area contributed by atoms with E-state index in [2.05, 4.69) is 6.58 Å². The van der Waals surface area contributed by atoms with Crippen molar-refractivity contribution in [3.63, 3.8) is 0 Å². The van der Waals surface area contributed by atoms with E-state index in [0.29, 0.717) is 12.0 Å². The van der Waals surface area contributed by atoms with E-state index in [1.807, 2.05) is 0 Å². The molecule has 0 spiro atoms. The minimum Gasteiger partial charge on any atom is -0.366 e. The predicted octanol–water partition coefficient (Wildman–Crippen LogP) is 0.0369. The van der Waals surface area contributed by atoms with E-state index in [-0.39, 0.29) is 0 Å². The van der Waals surface area contributed by atoms with Crippen molar-refractivity contribution in [3.8, 4) is 0 Å². The molecule has 0 radical (unpaired) electrons. The maximum absolute atomic E-state index is 10.5. The smallest absolute Gasteiger partial charge is 0.244 e. The Kier molecular flexibility index (Phi) is 4.49. The molecule has 0 aromatic carbocycles. The van der Waals surface area contributed by atoms with Gasteiger partial charge in [0, 0.05) is 26.2 Å². The lowest BCUT2D eigenvalue weighted by molar-refractivity contribution is -0.119. The summed E-state index contributed by atoms with van der Waals surface area (Å²) in [6.07, 6.45) is -0.127. The van der Waals surface area contributed by atoms with E-state index in [1.54, 1.807) is 0 Å². The van der Waals surface area contributed by atoms with Crippen molar-refractivity contribution in [3.05, 3.63) is 12.2 Å². The zero-order valence-electron chi connectivity index (χ0n) is 6.79. The van der Waals surface area contributed by atoms with Crippen molar-refractivity contribution in [1.29, 1.82) is 0 Å². The zero-order valence-corrected chi connectivity index (χ0v) is 6.79. The molecule has 0 heterocycles. The molecule has 2 N–H and O–H groups in total. The molecule has 0 aliphatic heterocycles. The predicted molar refractivity (Wildman–Crippen MR) is 40.8 cm³/mol. The van der Waals surface area contributed by atoms with Gasteiger partial charge in [-0.05, 0) is 0 Å². The van der Waals surface area contributed by atoms with Crippen LogP contribution in [0.4, 0.5) is 0 Å². The molecule has 0 saturated carbocycles. The lowest BCUT2D eigenvalue weighted by Gasteiger charge is -2.12. The van der Waals surface area contributed by atoms with Gasteiger partial charge < -0.3 is 15.2 Å². The van der Waals surface area contributed by atoms with Crippen molar-refractivity contribution >= 4 is 5.91 Å². The van der Waals surface area contributed by atoms with Crippen LogP contribution in [0.2, 0.25) is 0 Å². The van der Waals surface area contributed by atoms with Crippen LogP contribution >= 0.6 is 0 Å². The number of ether oxygens (including phenoxy) is 2. The average molecular weight is 159 g/mol. The van der Waals surface area contributed by atoms with Gasteiger partial charge in [-0.15, -0.1) is 0 Å². The number of carbonyl (C=O) groups excluding carboxylic acids is 1. The second kappa shape index (κ2) is 4.87. The largest absolute Gasteiger partial charge is 0.366 e. The second-order valence-corrected chi connectivity index (χ2v) is 2.07. The van der Waals surface area contributed by atoms with Crippen LogP contribution < -0.4 is 5.73 Å². The molecule has 0 bridgehead atoms. The number of carbonyl (C=O) groups is 1. The summed E-state index contributed by atoms with van der Waals surface area (Å²) in [7, 11) is 2.98. The summed E-state index contributed by atoms with van der Waals surface area (Å²) in [4.78, 5) is 10.5. The third-order valence-electron chi connectivity index (χ3n) is 1.29. The maximum Gasteiger partial charge on any atom is 0.244 e. The first kappa shape index (κ1) is 10.1. The van der Waals surface area contributed by atoms with E-state index in [9.17, 15) is 4.79 Å². The molecule has 0 saturated heterocycles. The lowest BCUT2D eigenvalue weighted by Crippen LogP contribution is -2.20. The van der Waals surface area contributed by atoms with Crippen LogP contribution in [-0.2, 0) is 14.3 Å². The molecule has 0 atom stereocenters. The highest BCUT2D eigenvalue weighted by Gasteiger charge is 2.10. The molecule has 0 unspecified atom stereocenters. The Labute approximate surface area is 66.0 Å². The molecule has 0 aromatic heterocycles. The van der Waals surface area contributed by atoms with Crippen molar-refractivity contribution in [2.45, 2.75) is 12.7 Å². The van der Waals surface area contributed by atoms with Gasteiger partial charge in [-0.3, -0.25) is 4.79 Å². The molecule has 0 rings (SSSR count). The second-order valence-electron chi connectivity index (χ2n) is 2.07. The van der Waals surface area contributed by atoms with Gasteiger partial charge in [0.1, 0.15) is 0 Å². The first-order chi connectivity index (χ1) is 5.11. The lowest BCUT2D eigenvalue weighted by atomic mass is 10.2. The van der Waals surface area contributed by atoms with Gasteiger partial charge in [0.15, 0.2) is 6.29 Å². The van der Waals surface area contributed by atoms with Crippen LogP contribution in [0.5, 0.6) is 0 Å². The molecule has 4 heteroatoms. The third kappa shape index (κ3) is 3.75. The monoisotopic (exact) mass is 159 g/mol. The van der Waals surface area contributed by atoms with Crippen LogP contribution in [0.15, 0.2) is 12.2 Å². The highest BCUT2D eigenvalue weighted by Crippen LogP contribution is 2.05. The number of primary amides is 1. The van der Waals surface area contributed by atoms with Gasteiger partial charge in [-0.2, -0.15) is 0 Å². The van der Waals surface area contributed by atoms with Gasteiger partial charge >= 0.3 is 0 Å². The summed E-state index contributed by atoms with van der Waals surface area (Å²) in [5.41, 5.74) is 5.25. The Morgan fingerprint density at radius 2 is 2.00 bits per heavy atom. The van der Waals surface area contributed by atoms with Crippen LogP contribution in [0.25, 0.3) is 0 Å². The fourth-order valence-corrected chi connectivity index (χ4v) is 0.565. The molecular weight excluding hydrogens is 146 g/mol. The summed E-state index contributed by atoms with van der Waals surface area (Å²) in [6, 6.07) is 0. The fraction of sp³-hybridized carbons (Fsp3) is 0.571. The van der Waals surface area contributed by atoms with Crippen molar-refractivity contribution in [2.24, 2.45) is 5.73 Å². The van der Waals surface area contributed by atoms with E-state index >= 15 is 0 Å². The fourth-order valence-electron chi connectivity index (χ4n) is 0.565. The Morgan fingerprint density at radius 1 is 1.55 bits per heavy atom. The highest BCUT2D eigenvalue weighted by atomic mass is 16.7. The minimum atomic E-state index is -0.524. The minimum absolute atomic E-state index is 0.304. The number of methoxy groups -OCH3 is 2. The quantitative estimate of drug-likeness (QED) is 0.455. The number of amides is 1. The normalized spacial score (nSPS) is 10.1. The highest BCUT2D eigenvalue weighted by molar-refractivity contribution is 5.91. The van der Waals surface area contributed by atoms with Crippen molar-refractivity contribution in [1.82, 2.24) is 0 Å².